The van der Waals surface area contributed by atoms with E-state index in [1.807, 2.05) is 42.5 Å². The van der Waals surface area contributed by atoms with Crippen LogP contribution in [0.2, 0.25) is 0 Å². The van der Waals surface area contributed by atoms with Crippen molar-refractivity contribution in [3.8, 4) is 11.5 Å². The predicted molar refractivity (Wildman–Crippen MR) is 113 cm³/mol. The van der Waals surface area contributed by atoms with Crippen LogP contribution in [0.5, 0.6) is 11.5 Å². The molecule has 29 heavy (non-hydrogen) atoms. The van der Waals surface area contributed by atoms with Crippen LogP contribution < -0.4 is 14.2 Å². The van der Waals surface area contributed by atoms with Crippen LogP contribution in [0.25, 0.3) is 6.08 Å². The Bertz CT molecular complexity index is 1050. The number of hydrogen-bond acceptors (Lipinski definition) is 5. The number of ether oxygens (including phenoxy) is 2. The van der Waals surface area contributed by atoms with Gasteiger partial charge in [-0.1, -0.05) is 42.5 Å². The van der Waals surface area contributed by atoms with Gasteiger partial charge in [-0.2, -0.15) is 0 Å². The maximum atomic E-state index is 12.2. The number of sulfonamides is 1. The summed E-state index contributed by atoms with van der Waals surface area (Å²) >= 11 is 0. The third-order valence-corrected chi connectivity index (χ3v) is 5.10. The second kappa shape index (κ2) is 9.86. The molecular formula is C22H22N2O4S. The van der Waals surface area contributed by atoms with Gasteiger partial charge in [-0.3, -0.25) is 4.98 Å². The number of hydrogen-bond donors (Lipinski definition) is 1. The summed E-state index contributed by atoms with van der Waals surface area (Å²) < 4.78 is 38.1. The van der Waals surface area contributed by atoms with Gasteiger partial charge in [-0.25, -0.2) is 13.1 Å². The summed E-state index contributed by atoms with van der Waals surface area (Å²) in [5.74, 6) is 1.11. The molecule has 1 N–H and O–H groups in total. The first-order valence-corrected chi connectivity index (χ1v) is 10.5. The van der Waals surface area contributed by atoms with Crippen molar-refractivity contribution in [3.05, 3.63) is 95.2 Å². The van der Waals surface area contributed by atoms with Crippen molar-refractivity contribution >= 4 is 16.1 Å². The maximum absolute atomic E-state index is 12.2. The summed E-state index contributed by atoms with van der Waals surface area (Å²) in [6, 6.07) is 18.3. The van der Waals surface area contributed by atoms with Crippen molar-refractivity contribution in [2.24, 2.45) is 0 Å². The smallest absolute Gasteiger partial charge is 0.234 e. The highest BCUT2D eigenvalue weighted by molar-refractivity contribution is 7.92. The third kappa shape index (κ3) is 6.44. The largest absolute Gasteiger partial charge is 0.493 e. The first-order valence-electron chi connectivity index (χ1n) is 8.97. The molecule has 0 atom stereocenters. The molecule has 3 rings (SSSR count). The van der Waals surface area contributed by atoms with Crippen LogP contribution in [0.15, 0.2) is 78.5 Å². The molecule has 150 valence electrons. The van der Waals surface area contributed by atoms with Gasteiger partial charge in [-0.15, -0.1) is 0 Å². The SMILES string of the molecule is COc1cc(CNS(=O)(=O)/C=C/c2ccccc2)ccc1OCc1cccnc1. The van der Waals surface area contributed by atoms with Crippen molar-refractivity contribution in [2.75, 3.05) is 7.11 Å². The van der Waals surface area contributed by atoms with Gasteiger partial charge in [-0.05, 0) is 35.4 Å². The van der Waals surface area contributed by atoms with Crippen molar-refractivity contribution in [3.63, 3.8) is 0 Å². The quantitative estimate of drug-likeness (QED) is 0.581. The van der Waals surface area contributed by atoms with Gasteiger partial charge in [0.15, 0.2) is 11.5 Å². The van der Waals surface area contributed by atoms with E-state index in [-0.39, 0.29) is 6.54 Å². The summed E-state index contributed by atoms with van der Waals surface area (Å²) in [5, 5.41) is 1.16. The van der Waals surface area contributed by atoms with Gasteiger partial charge in [0.1, 0.15) is 6.61 Å². The third-order valence-electron chi connectivity index (χ3n) is 4.06. The minimum absolute atomic E-state index is 0.140. The van der Waals surface area contributed by atoms with Crippen LogP contribution >= 0.6 is 0 Å². The Morgan fingerprint density at radius 2 is 1.83 bits per heavy atom. The molecule has 0 saturated carbocycles. The number of rotatable bonds is 9. The molecule has 0 spiro atoms. The molecule has 3 aromatic rings. The Morgan fingerprint density at radius 3 is 2.55 bits per heavy atom. The fourth-order valence-electron chi connectivity index (χ4n) is 2.55. The monoisotopic (exact) mass is 410 g/mol. The van der Waals surface area contributed by atoms with Crippen molar-refractivity contribution < 1.29 is 17.9 Å². The summed E-state index contributed by atoms with van der Waals surface area (Å²) in [5.41, 5.74) is 2.51. The van der Waals surface area contributed by atoms with E-state index in [0.29, 0.717) is 18.1 Å². The molecule has 0 aliphatic heterocycles. The average molecular weight is 410 g/mol. The van der Waals surface area contributed by atoms with Crippen LogP contribution in [0, 0.1) is 0 Å². The van der Waals surface area contributed by atoms with E-state index in [0.717, 1.165) is 22.1 Å². The summed E-state index contributed by atoms with van der Waals surface area (Å²) in [6.45, 7) is 0.501. The predicted octanol–water partition coefficient (Wildman–Crippen LogP) is 3.76. The fourth-order valence-corrected chi connectivity index (χ4v) is 3.35. The molecule has 0 aliphatic carbocycles. The number of nitrogens with one attached hydrogen (secondary N) is 1. The van der Waals surface area contributed by atoms with Crippen LogP contribution in [-0.4, -0.2) is 20.5 Å². The first kappa shape index (κ1) is 20.6. The van der Waals surface area contributed by atoms with E-state index in [9.17, 15) is 8.42 Å². The molecule has 0 fully saturated rings. The standard InChI is InChI=1S/C22H22N2O4S/c1-27-22-14-19(9-10-21(22)28-17-20-8-5-12-23-15-20)16-24-29(25,26)13-11-18-6-3-2-4-7-18/h2-15,24H,16-17H2,1H3/b13-11+. The van der Waals surface area contributed by atoms with Gasteiger partial charge in [0, 0.05) is 29.9 Å². The highest BCUT2D eigenvalue weighted by atomic mass is 32.2. The zero-order valence-corrected chi connectivity index (χ0v) is 16.8. The van der Waals surface area contributed by atoms with Crippen molar-refractivity contribution in [1.82, 2.24) is 9.71 Å². The number of aromatic nitrogens is 1. The Hall–Kier alpha value is -3.16. The lowest BCUT2D eigenvalue weighted by Gasteiger charge is -2.12. The molecule has 0 unspecified atom stereocenters. The van der Waals surface area contributed by atoms with E-state index >= 15 is 0 Å². The fraction of sp³-hybridized carbons (Fsp3) is 0.136. The van der Waals surface area contributed by atoms with E-state index in [1.165, 1.54) is 0 Å². The van der Waals surface area contributed by atoms with E-state index < -0.39 is 10.0 Å². The number of pyridine rings is 1. The van der Waals surface area contributed by atoms with Crippen LogP contribution in [0.3, 0.4) is 0 Å². The molecule has 0 amide bonds. The van der Waals surface area contributed by atoms with Crippen molar-refractivity contribution in [2.45, 2.75) is 13.2 Å². The molecular weight excluding hydrogens is 388 g/mol. The van der Waals surface area contributed by atoms with E-state index in [2.05, 4.69) is 9.71 Å². The lowest BCUT2D eigenvalue weighted by atomic mass is 10.2. The Kier molecular flexibility index (Phi) is 6.99. The van der Waals surface area contributed by atoms with Crippen LogP contribution in [-0.2, 0) is 23.2 Å². The molecule has 0 bridgehead atoms. The number of methoxy groups -OCH3 is 1. The van der Waals surface area contributed by atoms with Gasteiger partial charge < -0.3 is 9.47 Å². The Labute approximate surface area is 170 Å². The topological polar surface area (TPSA) is 77.5 Å². The lowest BCUT2D eigenvalue weighted by molar-refractivity contribution is 0.284. The molecule has 0 aliphatic rings. The van der Waals surface area contributed by atoms with Crippen LogP contribution in [0.4, 0.5) is 0 Å². The molecule has 7 heteroatoms. The zero-order chi connectivity index (χ0) is 20.5. The number of benzene rings is 2. The molecule has 0 radical (unpaired) electrons. The van der Waals surface area contributed by atoms with Crippen LogP contribution in [0.1, 0.15) is 16.7 Å². The molecule has 2 aromatic carbocycles. The van der Waals surface area contributed by atoms with E-state index in [4.69, 9.17) is 9.47 Å². The molecule has 1 heterocycles. The minimum atomic E-state index is -3.56. The average Bonchev–Trinajstić information content (AvgIpc) is 2.76. The van der Waals surface area contributed by atoms with Crippen molar-refractivity contribution in [1.29, 1.82) is 0 Å². The second-order valence-corrected chi connectivity index (χ2v) is 7.87. The van der Waals surface area contributed by atoms with E-state index in [1.54, 1.807) is 43.8 Å². The lowest BCUT2D eigenvalue weighted by Crippen LogP contribution is -2.20. The maximum Gasteiger partial charge on any atom is 0.234 e. The zero-order valence-electron chi connectivity index (χ0n) is 16.0. The molecule has 1 aromatic heterocycles. The summed E-state index contributed by atoms with van der Waals surface area (Å²) in [6.07, 6.45) is 4.99. The highest BCUT2D eigenvalue weighted by Gasteiger charge is 2.09. The summed E-state index contributed by atoms with van der Waals surface area (Å²) in [4.78, 5) is 4.05. The Morgan fingerprint density at radius 1 is 1.00 bits per heavy atom. The van der Waals surface area contributed by atoms with Gasteiger partial charge in [0.2, 0.25) is 10.0 Å². The molecule has 0 saturated heterocycles. The molecule has 6 nitrogen and oxygen atoms in total. The Balaban J connectivity index is 1.61. The highest BCUT2D eigenvalue weighted by Crippen LogP contribution is 2.28. The second-order valence-electron chi connectivity index (χ2n) is 6.21. The first-order chi connectivity index (χ1) is 14.1. The minimum Gasteiger partial charge on any atom is -0.493 e. The van der Waals surface area contributed by atoms with Gasteiger partial charge >= 0.3 is 0 Å². The summed E-state index contributed by atoms with van der Waals surface area (Å²) in [7, 11) is -2.02. The normalized spacial score (nSPS) is 11.5. The number of nitrogens with zero attached hydrogens (tertiary/aromatic N) is 1. The van der Waals surface area contributed by atoms with Gasteiger partial charge in [0.25, 0.3) is 0 Å². The van der Waals surface area contributed by atoms with Gasteiger partial charge in [0.05, 0.1) is 7.11 Å².